The van der Waals surface area contributed by atoms with Gasteiger partial charge in [0.2, 0.25) is 10.0 Å². The molecule has 0 atom stereocenters. The van der Waals surface area contributed by atoms with Crippen molar-refractivity contribution in [2.24, 2.45) is 0 Å². The molecule has 7 nitrogen and oxygen atoms in total. The Kier molecular flexibility index (Phi) is 8.20. The second-order valence-electron chi connectivity index (χ2n) is 7.22. The molecule has 0 unspecified atom stereocenters. The topological polar surface area (TPSA) is 95.2 Å². The smallest absolute Gasteiger partial charge is 0.266 e. The molecule has 0 bridgehead atoms. The van der Waals surface area contributed by atoms with E-state index in [0.29, 0.717) is 18.8 Å². The lowest BCUT2D eigenvalue weighted by Gasteiger charge is -2.18. The summed E-state index contributed by atoms with van der Waals surface area (Å²) < 4.78 is 28.7. The molecule has 0 spiro atoms. The van der Waals surface area contributed by atoms with E-state index in [4.69, 9.17) is 0 Å². The van der Waals surface area contributed by atoms with Crippen molar-refractivity contribution < 1.29 is 13.2 Å². The zero-order chi connectivity index (χ0) is 23.2. The molecule has 8 heteroatoms. The van der Waals surface area contributed by atoms with Crippen molar-refractivity contribution in [2.75, 3.05) is 18.4 Å². The van der Waals surface area contributed by atoms with Crippen LogP contribution in [0.2, 0.25) is 0 Å². The summed E-state index contributed by atoms with van der Waals surface area (Å²) in [4.78, 5) is 12.8. The van der Waals surface area contributed by atoms with Gasteiger partial charge in [-0.3, -0.25) is 4.79 Å². The van der Waals surface area contributed by atoms with Crippen molar-refractivity contribution in [2.45, 2.75) is 52.5 Å². The van der Waals surface area contributed by atoms with Gasteiger partial charge in [-0.05, 0) is 62.2 Å². The Morgan fingerprint density at radius 1 is 1.16 bits per heavy atom. The van der Waals surface area contributed by atoms with Gasteiger partial charge in [0.05, 0.1) is 4.90 Å². The molecule has 1 N–H and O–H groups in total. The number of carbonyl (C=O) groups is 1. The van der Waals surface area contributed by atoms with Crippen LogP contribution in [-0.2, 0) is 21.4 Å². The number of amides is 1. The summed E-state index contributed by atoms with van der Waals surface area (Å²) in [5.74, 6) is -0.540. The third-order valence-corrected chi connectivity index (χ3v) is 7.24. The molecular weight excluding hydrogens is 412 g/mol. The van der Waals surface area contributed by atoms with E-state index in [2.05, 4.69) is 16.8 Å². The third-order valence-electron chi connectivity index (χ3n) is 5.18. The highest BCUT2D eigenvalue weighted by Crippen LogP contribution is 2.21. The maximum atomic E-state index is 12.6. The number of aromatic nitrogens is 1. The Hall–Kier alpha value is -2.89. The zero-order valence-electron chi connectivity index (χ0n) is 18.8. The van der Waals surface area contributed by atoms with Gasteiger partial charge in [0.15, 0.2) is 0 Å². The van der Waals surface area contributed by atoms with Gasteiger partial charge >= 0.3 is 0 Å². The van der Waals surface area contributed by atoms with Gasteiger partial charge in [0.25, 0.3) is 5.91 Å². The van der Waals surface area contributed by atoms with Gasteiger partial charge in [-0.2, -0.15) is 9.57 Å². The molecule has 0 aliphatic heterocycles. The van der Waals surface area contributed by atoms with Crippen molar-refractivity contribution in [1.82, 2.24) is 8.87 Å². The van der Waals surface area contributed by atoms with Crippen LogP contribution < -0.4 is 5.32 Å². The Morgan fingerprint density at radius 3 is 2.29 bits per heavy atom. The van der Waals surface area contributed by atoms with Crippen molar-refractivity contribution >= 4 is 27.7 Å². The summed E-state index contributed by atoms with van der Waals surface area (Å²) in [6.07, 6.45) is 2.58. The molecule has 0 saturated heterocycles. The number of anilines is 1. The van der Waals surface area contributed by atoms with Gasteiger partial charge in [-0.25, -0.2) is 8.42 Å². The van der Waals surface area contributed by atoms with Crippen LogP contribution in [0.25, 0.3) is 6.08 Å². The standard InChI is InChI=1S/C23H30N4O3S/c1-6-13-27-17(4)14-19(18(27)5)15-20(16-24)23(28)25-21-9-11-22(12-10-21)31(29,30)26(7-2)8-3/h9-12,14-15H,6-8,13H2,1-5H3,(H,25,28)/b20-15+. The van der Waals surface area contributed by atoms with Gasteiger partial charge < -0.3 is 9.88 Å². The molecule has 2 aromatic rings. The molecule has 1 heterocycles. The molecule has 0 aliphatic carbocycles. The number of nitrogens with one attached hydrogen (secondary N) is 1. The average Bonchev–Trinajstić information content (AvgIpc) is 3.00. The van der Waals surface area contributed by atoms with Gasteiger partial charge in [0, 0.05) is 36.7 Å². The van der Waals surface area contributed by atoms with Crippen LogP contribution in [0.3, 0.4) is 0 Å². The highest BCUT2D eigenvalue weighted by atomic mass is 32.2. The Morgan fingerprint density at radius 2 is 1.77 bits per heavy atom. The van der Waals surface area contributed by atoms with Crippen LogP contribution in [0.15, 0.2) is 40.8 Å². The Bertz CT molecular complexity index is 1100. The molecule has 1 aromatic carbocycles. The zero-order valence-corrected chi connectivity index (χ0v) is 19.6. The molecule has 0 radical (unpaired) electrons. The number of benzene rings is 1. The van der Waals surface area contributed by atoms with Crippen molar-refractivity contribution in [3.8, 4) is 6.07 Å². The minimum Gasteiger partial charge on any atom is -0.349 e. The summed E-state index contributed by atoms with van der Waals surface area (Å²) in [5.41, 5.74) is 3.31. The second kappa shape index (κ2) is 10.4. The van der Waals surface area contributed by atoms with Crippen LogP contribution >= 0.6 is 0 Å². The molecular formula is C23H30N4O3S. The van der Waals surface area contributed by atoms with E-state index in [0.717, 1.165) is 29.9 Å². The first-order valence-electron chi connectivity index (χ1n) is 10.4. The van der Waals surface area contributed by atoms with Crippen molar-refractivity contribution in [3.05, 3.63) is 52.9 Å². The number of carbonyl (C=O) groups excluding carboxylic acids is 1. The van der Waals surface area contributed by atoms with E-state index in [9.17, 15) is 18.5 Å². The number of nitrogens with zero attached hydrogens (tertiary/aromatic N) is 3. The molecule has 0 fully saturated rings. The van der Waals surface area contributed by atoms with E-state index >= 15 is 0 Å². The molecule has 1 amide bonds. The van der Waals surface area contributed by atoms with Crippen molar-refractivity contribution in [3.63, 3.8) is 0 Å². The first-order chi connectivity index (χ1) is 14.7. The summed E-state index contributed by atoms with van der Waals surface area (Å²) in [5, 5.41) is 12.2. The summed E-state index contributed by atoms with van der Waals surface area (Å²) in [6, 6.07) is 9.88. The molecule has 0 saturated carbocycles. The maximum absolute atomic E-state index is 12.6. The van der Waals surface area contributed by atoms with Gasteiger partial charge in [0.1, 0.15) is 11.6 Å². The second-order valence-corrected chi connectivity index (χ2v) is 9.15. The number of hydrogen-bond acceptors (Lipinski definition) is 4. The first-order valence-corrected chi connectivity index (χ1v) is 11.8. The lowest BCUT2D eigenvalue weighted by atomic mass is 10.1. The number of sulfonamides is 1. The van der Waals surface area contributed by atoms with Crippen LogP contribution in [0.1, 0.15) is 44.1 Å². The molecule has 1 aromatic heterocycles. The quantitative estimate of drug-likeness (QED) is 0.467. The summed E-state index contributed by atoms with van der Waals surface area (Å²) >= 11 is 0. The number of nitriles is 1. The van der Waals surface area contributed by atoms with Gasteiger partial charge in [-0.15, -0.1) is 0 Å². The van der Waals surface area contributed by atoms with E-state index in [1.54, 1.807) is 19.9 Å². The summed E-state index contributed by atoms with van der Waals surface area (Å²) in [7, 11) is -3.56. The predicted molar refractivity (Wildman–Crippen MR) is 123 cm³/mol. The molecule has 0 aliphatic rings. The average molecular weight is 443 g/mol. The van der Waals surface area contributed by atoms with E-state index in [1.165, 1.54) is 28.6 Å². The van der Waals surface area contributed by atoms with Crippen LogP contribution in [-0.4, -0.2) is 36.3 Å². The number of hydrogen-bond donors (Lipinski definition) is 1. The number of aryl methyl sites for hydroxylation is 1. The largest absolute Gasteiger partial charge is 0.349 e. The minimum atomic E-state index is -3.56. The maximum Gasteiger partial charge on any atom is 0.266 e. The van der Waals surface area contributed by atoms with Crippen LogP contribution in [0.4, 0.5) is 5.69 Å². The monoisotopic (exact) mass is 442 g/mol. The van der Waals surface area contributed by atoms with Crippen molar-refractivity contribution in [1.29, 1.82) is 5.26 Å². The lowest BCUT2D eigenvalue weighted by molar-refractivity contribution is -0.112. The van der Waals surface area contributed by atoms with E-state index in [-0.39, 0.29) is 10.5 Å². The van der Waals surface area contributed by atoms with Crippen LogP contribution in [0.5, 0.6) is 0 Å². The highest BCUT2D eigenvalue weighted by molar-refractivity contribution is 7.89. The number of rotatable bonds is 9. The van der Waals surface area contributed by atoms with E-state index < -0.39 is 15.9 Å². The SMILES string of the molecule is CCCn1c(C)cc(/C=C(\C#N)C(=O)Nc2ccc(S(=O)(=O)N(CC)CC)cc2)c1C. The highest BCUT2D eigenvalue weighted by Gasteiger charge is 2.21. The lowest BCUT2D eigenvalue weighted by Crippen LogP contribution is -2.30. The fraction of sp³-hybridized carbons (Fsp3) is 0.391. The molecule has 166 valence electrons. The normalized spacial score (nSPS) is 12.1. The van der Waals surface area contributed by atoms with Crippen LogP contribution in [0, 0.1) is 25.2 Å². The fourth-order valence-corrected chi connectivity index (χ4v) is 4.92. The molecule has 2 rings (SSSR count). The Balaban J connectivity index is 2.23. The van der Waals surface area contributed by atoms with E-state index in [1.807, 2.05) is 26.0 Å². The molecule has 31 heavy (non-hydrogen) atoms. The fourth-order valence-electron chi connectivity index (χ4n) is 3.47. The summed E-state index contributed by atoms with van der Waals surface area (Å²) in [6.45, 7) is 11.3. The Labute approximate surface area is 185 Å². The first kappa shape index (κ1) is 24.4. The minimum absolute atomic E-state index is 0.0170. The predicted octanol–water partition coefficient (Wildman–Crippen LogP) is 4.09. The third kappa shape index (κ3) is 5.43. The van der Waals surface area contributed by atoms with Gasteiger partial charge in [-0.1, -0.05) is 20.8 Å².